The van der Waals surface area contributed by atoms with Crippen LogP contribution < -0.4 is 0 Å². The highest BCUT2D eigenvalue weighted by molar-refractivity contribution is 6.67. The van der Waals surface area contributed by atoms with E-state index < -0.39 is 27.8 Å². The molecule has 0 N–H and O–H groups in total. The van der Waals surface area contributed by atoms with E-state index in [0.29, 0.717) is 5.56 Å². The van der Waals surface area contributed by atoms with Gasteiger partial charge in [0.2, 0.25) is 3.79 Å². The molecule has 0 saturated heterocycles. The Bertz CT molecular complexity index is 842. The second kappa shape index (κ2) is 10.6. The van der Waals surface area contributed by atoms with Crippen molar-refractivity contribution in [1.29, 1.82) is 0 Å². The van der Waals surface area contributed by atoms with Gasteiger partial charge in [0, 0.05) is 5.41 Å². The van der Waals surface area contributed by atoms with Crippen LogP contribution in [-0.2, 0) is 19.1 Å². The number of rotatable bonds is 5. The van der Waals surface area contributed by atoms with E-state index in [4.69, 9.17) is 44.3 Å². The topological polar surface area (TPSA) is 52.6 Å². The van der Waals surface area contributed by atoms with Gasteiger partial charge in [0.25, 0.3) is 0 Å². The van der Waals surface area contributed by atoms with Crippen molar-refractivity contribution in [2.24, 2.45) is 5.41 Å². The van der Waals surface area contributed by atoms with Crippen molar-refractivity contribution in [3.8, 4) is 0 Å². The molecule has 7 heteroatoms. The quantitative estimate of drug-likeness (QED) is 0.264. The van der Waals surface area contributed by atoms with E-state index in [-0.39, 0.29) is 17.8 Å². The Kier molecular flexibility index (Phi) is 9.14. The summed E-state index contributed by atoms with van der Waals surface area (Å²) in [7, 11) is 0. The summed E-state index contributed by atoms with van der Waals surface area (Å²) in [6.07, 6.45) is 0. The molecule has 0 spiro atoms. The molecule has 0 aliphatic heterocycles. The van der Waals surface area contributed by atoms with Crippen LogP contribution in [0.1, 0.15) is 33.3 Å². The van der Waals surface area contributed by atoms with Gasteiger partial charge in [-0.2, -0.15) is 0 Å². The molecular formula is C21H21Cl3O4. The van der Waals surface area contributed by atoms with Crippen molar-refractivity contribution in [3.05, 3.63) is 58.7 Å². The van der Waals surface area contributed by atoms with Crippen molar-refractivity contribution >= 4 is 52.3 Å². The van der Waals surface area contributed by atoms with E-state index in [0.717, 1.165) is 0 Å². The molecule has 0 amide bonds. The number of ether oxygens (including phenoxy) is 2. The fourth-order valence-electron chi connectivity index (χ4n) is 1.97. The first kappa shape index (κ1) is 24.1. The van der Waals surface area contributed by atoms with E-state index in [1.165, 1.54) is 0 Å². The highest BCUT2D eigenvalue weighted by Gasteiger charge is 2.25. The minimum atomic E-state index is -1.74. The van der Waals surface area contributed by atoms with Crippen molar-refractivity contribution in [2.45, 2.75) is 31.5 Å². The largest absolute Gasteiger partial charge is 0.462 e. The molecule has 150 valence electrons. The summed E-state index contributed by atoms with van der Waals surface area (Å²) < 4.78 is 8.34. The number of carbonyl (C=O) groups excluding carboxylic acids is 2. The van der Waals surface area contributed by atoms with Gasteiger partial charge in [0.1, 0.15) is 12.2 Å². The van der Waals surface area contributed by atoms with E-state index >= 15 is 0 Å². The number of hydrogen-bond donors (Lipinski definition) is 0. The number of carbonyl (C=O) groups is 2. The monoisotopic (exact) mass is 442 g/mol. The number of halogens is 3. The summed E-state index contributed by atoms with van der Waals surface area (Å²) in [6, 6.07) is 8.68. The first-order chi connectivity index (χ1) is 13.0. The van der Waals surface area contributed by atoms with Gasteiger partial charge < -0.3 is 9.47 Å². The summed E-state index contributed by atoms with van der Waals surface area (Å²) in [5.74, 6) is -1.26. The lowest BCUT2D eigenvalue weighted by Crippen LogP contribution is -2.19. The predicted octanol–water partition coefficient (Wildman–Crippen LogP) is 5.43. The van der Waals surface area contributed by atoms with Crippen molar-refractivity contribution in [1.82, 2.24) is 0 Å². The Morgan fingerprint density at radius 2 is 1.57 bits per heavy atom. The van der Waals surface area contributed by atoms with Crippen LogP contribution in [0.25, 0.3) is 5.57 Å². The first-order valence-corrected chi connectivity index (χ1v) is 9.57. The number of benzene rings is 1. The fourth-order valence-corrected chi connectivity index (χ4v) is 2.13. The molecule has 4 nitrogen and oxygen atoms in total. The van der Waals surface area contributed by atoms with Crippen LogP contribution in [0.3, 0.4) is 0 Å². The van der Waals surface area contributed by atoms with E-state index in [2.05, 4.69) is 17.2 Å². The molecule has 0 radical (unpaired) electrons. The summed E-state index contributed by atoms with van der Waals surface area (Å²) in [5, 5.41) is 0. The van der Waals surface area contributed by atoms with Crippen LogP contribution in [0.15, 0.2) is 53.1 Å². The van der Waals surface area contributed by atoms with Crippen molar-refractivity contribution < 1.29 is 19.1 Å². The van der Waals surface area contributed by atoms with Gasteiger partial charge in [0.05, 0.1) is 12.2 Å². The molecule has 0 unspecified atom stereocenters. The van der Waals surface area contributed by atoms with Gasteiger partial charge >= 0.3 is 11.9 Å². The molecule has 0 heterocycles. The van der Waals surface area contributed by atoms with Gasteiger partial charge in [-0.15, -0.1) is 0 Å². The van der Waals surface area contributed by atoms with E-state index in [1.54, 1.807) is 37.3 Å². The average molecular weight is 444 g/mol. The zero-order valence-corrected chi connectivity index (χ0v) is 18.3. The molecule has 1 rings (SSSR count). The van der Waals surface area contributed by atoms with Crippen LogP contribution in [0, 0.1) is 5.41 Å². The second-order valence-electron chi connectivity index (χ2n) is 6.65. The van der Waals surface area contributed by atoms with Crippen LogP contribution >= 0.6 is 34.8 Å². The van der Waals surface area contributed by atoms with Gasteiger partial charge in [-0.25, -0.2) is 9.59 Å². The second-order valence-corrected chi connectivity index (χ2v) is 9.17. The molecular weight excluding hydrogens is 423 g/mol. The smallest absolute Gasteiger partial charge is 0.347 e. The molecule has 0 bridgehead atoms. The molecule has 0 aliphatic carbocycles. The molecule has 0 atom stereocenters. The first-order valence-electron chi connectivity index (χ1n) is 8.43. The van der Waals surface area contributed by atoms with Gasteiger partial charge in [0.15, 0.2) is 0 Å². The molecule has 0 saturated carbocycles. The van der Waals surface area contributed by atoms with E-state index in [1.807, 2.05) is 20.8 Å². The predicted molar refractivity (Wildman–Crippen MR) is 111 cm³/mol. The zero-order valence-electron chi connectivity index (χ0n) is 16.1. The SMILES string of the molecule is CCOC(=O)C(=C=C=C=C(C(=O)OCC(Cl)(Cl)Cl)c1ccccc1)C(C)(C)C. The maximum atomic E-state index is 12.4. The van der Waals surface area contributed by atoms with Gasteiger partial charge in [-0.1, -0.05) is 85.9 Å². The van der Waals surface area contributed by atoms with E-state index in [9.17, 15) is 9.59 Å². The summed E-state index contributed by atoms with van der Waals surface area (Å²) in [4.78, 5) is 24.6. The van der Waals surface area contributed by atoms with Crippen LogP contribution in [0.2, 0.25) is 0 Å². The third kappa shape index (κ3) is 8.42. The maximum Gasteiger partial charge on any atom is 0.347 e. The highest BCUT2D eigenvalue weighted by atomic mass is 35.6. The Balaban J connectivity index is 3.53. The van der Waals surface area contributed by atoms with Crippen LogP contribution in [0.4, 0.5) is 0 Å². The summed E-state index contributed by atoms with van der Waals surface area (Å²) >= 11 is 16.9. The van der Waals surface area contributed by atoms with Crippen molar-refractivity contribution in [2.75, 3.05) is 13.2 Å². The lowest BCUT2D eigenvalue weighted by Gasteiger charge is -2.18. The normalized spacial score (nSPS) is 10.8. The number of esters is 2. The number of alkyl halides is 3. The molecule has 0 aromatic heterocycles. The fraction of sp³-hybridized carbons (Fsp3) is 0.381. The Morgan fingerprint density at radius 1 is 0.964 bits per heavy atom. The molecule has 0 aliphatic rings. The lowest BCUT2D eigenvalue weighted by molar-refractivity contribution is -0.139. The molecule has 0 fully saturated rings. The third-order valence-electron chi connectivity index (χ3n) is 3.24. The summed E-state index contributed by atoms with van der Waals surface area (Å²) in [6.45, 7) is 7.04. The van der Waals surface area contributed by atoms with Crippen LogP contribution in [-0.4, -0.2) is 28.9 Å². The maximum absolute atomic E-state index is 12.4. The van der Waals surface area contributed by atoms with Gasteiger partial charge in [-0.05, 0) is 29.7 Å². The molecule has 1 aromatic carbocycles. The minimum Gasteiger partial charge on any atom is -0.462 e. The Hall–Kier alpha value is -1.89. The van der Waals surface area contributed by atoms with Crippen LogP contribution in [0.5, 0.6) is 0 Å². The third-order valence-corrected chi connectivity index (χ3v) is 3.57. The molecule has 28 heavy (non-hydrogen) atoms. The number of hydrogen-bond acceptors (Lipinski definition) is 4. The zero-order chi connectivity index (χ0) is 21.4. The Labute approximate surface area is 180 Å². The van der Waals surface area contributed by atoms with Gasteiger partial charge in [-0.3, -0.25) is 0 Å². The molecule has 1 aromatic rings. The van der Waals surface area contributed by atoms with Crippen molar-refractivity contribution in [3.63, 3.8) is 0 Å². The average Bonchev–Trinajstić information content (AvgIpc) is 2.59. The summed E-state index contributed by atoms with van der Waals surface area (Å²) in [5.41, 5.74) is 8.39. The minimum absolute atomic E-state index is 0.0551. The lowest BCUT2D eigenvalue weighted by atomic mass is 9.87. The Morgan fingerprint density at radius 3 is 2.07 bits per heavy atom. The standard InChI is InChI=1S/C21H21Cl3O4/c1-5-27-19(26)17(20(2,3)4)13-9-12-16(15-10-7-6-8-11-15)18(25)28-14-21(22,23)24/h6-8,10-11H,5,14H2,1-4H3. The highest BCUT2D eigenvalue weighted by Crippen LogP contribution is 2.27.